The molecule has 5 nitrogen and oxygen atoms in total. The molecule has 0 radical (unpaired) electrons. The van der Waals surface area contributed by atoms with Gasteiger partial charge >= 0.3 is 0 Å². The van der Waals surface area contributed by atoms with Crippen molar-refractivity contribution in [3.05, 3.63) is 29.3 Å². The number of nitrogens with zero attached hydrogens (tertiary/aromatic N) is 1. The van der Waals surface area contributed by atoms with Crippen LogP contribution in [0.2, 0.25) is 5.02 Å². The first-order valence-corrected chi connectivity index (χ1v) is 9.06. The van der Waals surface area contributed by atoms with Crippen LogP contribution >= 0.6 is 11.6 Å². The molecule has 2 saturated heterocycles. The molecule has 1 aromatic rings. The summed E-state index contributed by atoms with van der Waals surface area (Å²) in [5.41, 5.74) is 0.718. The lowest BCUT2D eigenvalue weighted by Crippen LogP contribution is -2.37. The summed E-state index contributed by atoms with van der Waals surface area (Å²) in [7, 11) is 0. The maximum Gasteiger partial charge on any atom is 0.229 e. The van der Waals surface area contributed by atoms with E-state index in [1.807, 2.05) is 18.2 Å². The molecular weight excluding hydrogens is 326 g/mol. The second kappa shape index (κ2) is 7.99. The Bertz CT molecular complexity index is 602. The fourth-order valence-electron chi connectivity index (χ4n) is 3.51. The van der Waals surface area contributed by atoms with Crippen LogP contribution in [0.15, 0.2) is 24.3 Å². The van der Waals surface area contributed by atoms with Crippen molar-refractivity contribution in [2.24, 2.45) is 5.92 Å². The Labute approximate surface area is 147 Å². The van der Waals surface area contributed by atoms with Crippen LogP contribution in [0.5, 0.6) is 0 Å². The quantitative estimate of drug-likeness (QED) is 0.857. The van der Waals surface area contributed by atoms with Crippen LogP contribution in [0.1, 0.15) is 32.1 Å². The van der Waals surface area contributed by atoms with E-state index in [0.29, 0.717) is 30.3 Å². The van der Waals surface area contributed by atoms with Gasteiger partial charge in [0.15, 0.2) is 0 Å². The van der Waals surface area contributed by atoms with E-state index < -0.39 is 0 Å². The monoisotopic (exact) mass is 349 g/mol. The molecule has 0 bridgehead atoms. The van der Waals surface area contributed by atoms with Gasteiger partial charge in [-0.1, -0.05) is 23.7 Å². The number of anilines is 1. The van der Waals surface area contributed by atoms with Crippen LogP contribution in [0.25, 0.3) is 0 Å². The first kappa shape index (κ1) is 17.2. The molecule has 2 amide bonds. The molecule has 2 aliphatic rings. The lowest BCUT2D eigenvalue weighted by atomic mass is 9.93. The number of piperidine rings is 1. The largest absolute Gasteiger partial charge is 0.351 e. The third kappa shape index (κ3) is 4.28. The maximum atomic E-state index is 12.2. The fraction of sp³-hybridized carbons (Fsp3) is 0.556. The van der Waals surface area contributed by atoms with Crippen LogP contribution in [-0.2, 0) is 9.59 Å². The molecule has 2 fully saturated rings. The molecule has 2 N–H and O–H groups in total. The number of hydrogen-bond donors (Lipinski definition) is 2. The predicted octanol–water partition coefficient (Wildman–Crippen LogP) is 2.34. The fourth-order valence-corrected chi connectivity index (χ4v) is 3.75. The number of nitrogens with one attached hydrogen (secondary N) is 2. The normalized spacial score (nSPS) is 22.0. The van der Waals surface area contributed by atoms with Crippen molar-refractivity contribution in [1.29, 1.82) is 0 Å². The summed E-state index contributed by atoms with van der Waals surface area (Å²) in [6.07, 6.45) is 4.11. The van der Waals surface area contributed by atoms with Gasteiger partial charge in [-0.3, -0.25) is 9.59 Å². The van der Waals surface area contributed by atoms with Crippen LogP contribution in [0.3, 0.4) is 0 Å². The molecule has 3 rings (SSSR count). The molecule has 2 heterocycles. The number of carbonyl (C=O) groups is 2. The number of benzene rings is 1. The van der Waals surface area contributed by atoms with E-state index in [0.717, 1.165) is 38.0 Å². The maximum absolute atomic E-state index is 12.2. The SMILES string of the molecule is O=C(CCC1CCNCC1)NC1CC(=O)N(c2ccccc2Cl)C1. The van der Waals surface area contributed by atoms with Gasteiger partial charge in [-0.2, -0.15) is 0 Å². The average Bonchev–Trinajstić information content (AvgIpc) is 2.94. The van der Waals surface area contributed by atoms with Crippen LogP contribution in [0.4, 0.5) is 5.69 Å². The van der Waals surface area contributed by atoms with Crippen LogP contribution in [0, 0.1) is 5.92 Å². The first-order chi connectivity index (χ1) is 11.6. The number of halogens is 1. The summed E-state index contributed by atoms with van der Waals surface area (Å²) in [4.78, 5) is 26.1. The molecule has 24 heavy (non-hydrogen) atoms. The second-order valence-corrected chi connectivity index (χ2v) is 7.06. The summed E-state index contributed by atoms with van der Waals surface area (Å²) >= 11 is 6.17. The first-order valence-electron chi connectivity index (χ1n) is 8.68. The highest BCUT2D eigenvalue weighted by atomic mass is 35.5. The molecule has 0 aliphatic carbocycles. The molecule has 1 atom stereocenters. The molecule has 130 valence electrons. The van der Waals surface area contributed by atoms with E-state index >= 15 is 0 Å². The third-order valence-electron chi connectivity index (χ3n) is 4.87. The molecule has 1 aromatic carbocycles. The summed E-state index contributed by atoms with van der Waals surface area (Å²) < 4.78 is 0. The Morgan fingerprint density at radius 3 is 2.79 bits per heavy atom. The lowest BCUT2D eigenvalue weighted by Gasteiger charge is -2.22. The van der Waals surface area contributed by atoms with E-state index in [1.54, 1.807) is 11.0 Å². The topological polar surface area (TPSA) is 61.4 Å². The van der Waals surface area contributed by atoms with E-state index in [4.69, 9.17) is 11.6 Å². The summed E-state index contributed by atoms with van der Waals surface area (Å²) in [5, 5.41) is 6.90. The summed E-state index contributed by atoms with van der Waals surface area (Å²) in [6, 6.07) is 7.18. The van der Waals surface area contributed by atoms with Crippen LogP contribution in [-0.4, -0.2) is 37.5 Å². The molecule has 0 saturated carbocycles. The number of amides is 2. The highest BCUT2D eigenvalue weighted by Crippen LogP contribution is 2.29. The smallest absolute Gasteiger partial charge is 0.229 e. The van der Waals surface area contributed by atoms with Gasteiger partial charge in [-0.05, 0) is 50.4 Å². The van der Waals surface area contributed by atoms with Crippen molar-refractivity contribution >= 4 is 29.1 Å². The lowest BCUT2D eigenvalue weighted by molar-refractivity contribution is -0.122. The molecule has 0 spiro atoms. The zero-order chi connectivity index (χ0) is 16.9. The van der Waals surface area contributed by atoms with Gasteiger partial charge in [0.1, 0.15) is 0 Å². The number of para-hydroxylation sites is 1. The molecule has 6 heteroatoms. The standard InChI is InChI=1S/C18H24ClN3O2/c19-15-3-1-2-4-16(15)22-12-14(11-18(22)24)21-17(23)6-5-13-7-9-20-10-8-13/h1-4,13-14,20H,5-12H2,(H,21,23). The van der Waals surface area contributed by atoms with Crippen molar-refractivity contribution in [2.45, 2.75) is 38.1 Å². The van der Waals surface area contributed by atoms with Crippen molar-refractivity contribution in [3.63, 3.8) is 0 Å². The third-order valence-corrected chi connectivity index (χ3v) is 5.19. The minimum atomic E-state index is -0.130. The second-order valence-electron chi connectivity index (χ2n) is 6.66. The molecular formula is C18H24ClN3O2. The van der Waals surface area contributed by atoms with E-state index in [-0.39, 0.29) is 17.9 Å². The minimum Gasteiger partial charge on any atom is -0.351 e. The Hall–Kier alpha value is -1.59. The average molecular weight is 350 g/mol. The Morgan fingerprint density at radius 1 is 1.29 bits per heavy atom. The molecule has 1 unspecified atom stereocenters. The van der Waals surface area contributed by atoms with Crippen molar-refractivity contribution in [1.82, 2.24) is 10.6 Å². The van der Waals surface area contributed by atoms with Crippen molar-refractivity contribution in [3.8, 4) is 0 Å². The highest BCUT2D eigenvalue weighted by Gasteiger charge is 2.32. The van der Waals surface area contributed by atoms with Crippen molar-refractivity contribution in [2.75, 3.05) is 24.5 Å². The van der Waals surface area contributed by atoms with Gasteiger partial charge in [0, 0.05) is 19.4 Å². The van der Waals surface area contributed by atoms with Gasteiger partial charge < -0.3 is 15.5 Å². The van der Waals surface area contributed by atoms with Crippen molar-refractivity contribution < 1.29 is 9.59 Å². The van der Waals surface area contributed by atoms with Gasteiger partial charge in [-0.15, -0.1) is 0 Å². The molecule has 2 aliphatic heterocycles. The summed E-state index contributed by atoms with van der Waals surface area (Å²) in [5.74, 6) is 0.695. The van der Waals surface area contributed by atoms with Gasteiger partial charge in [-0.25, -0.2) is 0 Å². The number of carbonyl (C=O) groups excluding carboxylic acids is 2. The Kier molecular flexibility index (Phi) is 5.74. The zero-order valence-electron chi connectivity index (χ0n) is 13.8. The minimum absolute atomic E-state index is 0.00625. The Balaban J connectivity index is 1.49. The van der Waals surface area contributed by atoms with E-state index in [9.17, 15) is 9.59 Å². The zero-order valence-corrected chi connectivity index (χ0v) is 14.5. The van der Waals surface area contributed by atoms with Gasteiger partial charge in [0.25, 0.3) is 0 Å². The van der Waals surface area contributed by atoms with Gasteiger partial charge in [0.05, 0.1) is 16.8 Å². The predicted molar refractivity (Wildman–Crippen MR) is 95.2 cm³/mol. The number of rotatable bonds is 5. The van der Waals surface area contributed by atoms with E-state index in [1.165, 1.54) is 0 Å². The summed E-state index contributed by atoms with van der Waals surface area (Å²) in [6.45, 7) is 2.59. The Morgan fingerprint density at radius 2 is 2.04 bits per heavy atom. The molecule has 0 aromatic heterocycles. The van der Waals surface area contributed by atoms with Gasteiger partial charge in [0.2, 0.25) is 11.8 Å². The van der Waals surface area contributed by atoms with E-state index in [2.05, 4.69) is 10.6 Å². The number of hydrogen-bond acceptors (Lipinski definition) is 3. The van der Waals surface area contributed by atoms with Crippen LogP contribution < -0.4 is 15.5 Å². The highest BCUT2D eigenvalue weighted by molar-refractivity contribution is 6.33.